The number of anilines is 2. The first-order valence-corrected chi connectivity index (χ1v) is 14.4. The monoisotopic (exact) mass is 532 g/mol. The maximum Gasteiger partial charge on any atom is 0.255 e. The number of benzene rings is 1. The number of carbonyl (C=O) groups is 3. The highest BCUT2D eigenvalue weighted by Gasteiger charge is 2.29. The summed E-state index contributed by atoms with van der Waals surface area (Å²) in [5.74, 6) is 0.0439. The fraction of sp³-hybridized carbons (Fsp3) is 0.533. The number of carbonyl (C=O) groups excluding carboxylic acids is 3. The highest BCUT2D eigenvalue weighted by molar-refractivity contribution is 6.07. The lowest BCUT2D eigenvalue weighted by molar-refractivity contribution is -0.136. The van der Waals surface area contributed by atoms with Gasteiger partial charge >= 0.3 is 0 Å². The van der Waals surface area contributed by atoms with Crippen LogP contribution in [0, 0.1) is 5.92 Å². The van der Waals surface area contributed by atoms with E-state index in [0.29, 0.717) is 43.0 Å². The van der Waals surface area contributed by atoms with Crippen LogP contribution < -0.4 is 21.3 Å². The van der Waals surface area contributed by atoms with E-state index >= 15 is 0 Å². The molecule has 9 nitrogen and oxygen atoms in total. The average Bonchev–Trinajstić information content (AvgIpc) is 2.99. The minimum absolute atomic E-state index is 0.113. The number of hydrogen-bond acceptors (Lipinski definition) is 6. The highest BCUT2D eigenvalue weighted by Crippen LogP contribution is 2.31. The van der Waals surface area contributed by atoms with E-state index in [-0.39, 0.29) is 35.7 Å². The van der Waals surface area contributed by atoms with Crippen molar-refractivity contribution in [2.75, 3.05) is 36.4 Å². The smallest absolute Gasteiger partial charge is 0.255 e. The minimum atomic E-state index is -0.261. The predicted molar refractivity (Wildman–Crippen MR) is 152 cm³/mol. The highest BCUT2D eigenvalue weighted by atomic mass is 16.2. The molecule has 3 fully saturated rings. The molecule has 0 bridgehead atoms. The van der Waals surface area contributed by atoms with E-state index < -0.39 is 0 Å². The number of pyridine rings is 1. The van der Waals surface area contributed by atoms with Gasteiger partial charge in [0.15, 0.2) is 0 Å². The molecule has 5 rings (SSSR count). The van der Waals surface area contributed by atoms with Crippen LogP contribution in [0.5, 0.6) is 0 Å². The van der Waals surface area contributed by atoms with Crippen LogP contribution in [-0.4, -0.2) is 65.9 Å². The van der Waals surface area contributed by atoms with Gasteiger partial charge in [0, 0.05) is 67.7 Å². The van der Waals surface area contributed by atoms with Crippen molar-refractivity contribution in [1.82, 2.24) is 15.2 Å². The van der Waals surface area contributed by atoms with Crippen molar-refractivity contribution in [2.45, 2.75) is 69.9 Å². The molecule has 2 aromatic rings. The number of rotatable bonds is 6. The second-order valence-electron chi connectivity index (χ2n) is 11.2. The quantitative estimate of drug-likeness (QED) is 0.523. The first-order chi connectivity index (χ1) is 19.0. The van der Waals surface area contributed by atoms with Crippen LogP contribution in [0.4, 0.5) is 11.4 Å². The normalized spacial score (nSPS) is 22.3. The number of nitrogens with zero attached hydrogens (tertiary/aromatic N) is 3. The van der Waals surface area contributed by atoms with Gasteiger partial charge in [-0.15, -0.1) is 0 Å². The summed E-state index contributed by atoms with van der Waals surface area (Å²) >= 11 is 0. The Morgan fingerprint density at radius 1 is 0.795 bits per heavy atom. The fourth-order valence-corrected chi connectivity index (χ4v) is 6.06. The van der Waals surface area contributed by atoms with Crippen molar-refractivity contribution < 1.29 is 14.4 Å². The van der Waals surface area contributed by atoms with Crippen LogP contribution >= 0.6 is 0 Å². The van der Waals surface area contributed by atoms with Crippen molar-refractivity contribution in [3.63, 3.8) is 0 Å². The molecule has 1 aromatic heterocycles. The van der Waals surface area contributed by atoms with E-state index in [2.05, 4.69) is 20.5 Å². The zero-order chi connectivity index (χ0) is 27.2. The molecule has 1 saturated heterocycles. The lowest BCUT2D eigenvalue weighted by Crippen LogP contribution is -2.50. The summed E-state index contributed by atoms with van der Waals surface area (Å²) in [7, 11) is 0. The number of hydrogen-bond donors (Lipinski definition) is 3. The largest absolute Gasteiger partial charge is 0.366 e. The van der Waals surface area contributed by atoms with Gasteiger partial charge in [-0.2, -0.15) is 0 Å². The number of nitrogens with one attached hydrogen (secondary N) is 2. The lowest BCUT2D eigenvalue weighted by Gasteiger charge is -2.39. The Labute approximate surface area is 230 Å². The average molecular weight is 533 g/mol. The molecule has 2 aliphatic carbocycles. The maximum absolute atomic E-state index is 13.1. The number of piperazine rings is 1. The molecular formula is C30H40N6O3. The molecule has 0 atom stereocenters. The molecule has 2 saturated carbocycles. The van der Waals surface area contributed by atoms with Crippen LogP contribution in [0.3, 0.4) is 0 Å². The third-order valence-electron chi connectivity index (χ3n) is 8.44. The predicted octanol–water partition coefficient (Wildman–Crippen LogP) is 3.56. The Balaban J connectivity index is 1.31. The Kier molecular flexibility index (Phi) is 8.76. The van der Waals surface area contributed by atoms with E-state index in [4.69, 9.17) is 5.73 Å². The summed E-state index contributed by atoms with van der Waals surface area (Å²) in [5.41, 5.74) is 8.45. The van der Waals surface area contributed by atoms with Crippen LogP contribution in [0.2, 0.25) is 0 Å². The Hall–Kier alpha value is -3.46. The van der Waals surface area contributed by atoms with Crippen molar-refractivity contribution >= 4 is 29.1 Å². The van der Waals surface area contributed by atoms with Gasteiger partial charge in [0.05, 0.1) is 11.4 Å². The van der Waals surface area contributed by atoms with Crippen LogP contribution in [0.1, 0.15) is 78.5 Å². The molecule has 39 heavy (non-hydrogen) atoms. The lowest BCUT2D eigenvalue weighted by atomic mass is 9.88. The SMILES string of the molecule is NC1CCC(NC(=O)c2ccc(N3CCN(C(=O)C4CCCCC4)CC3)c(NC(=O)c3ccncc3)c2)CC1. The molecule has 0 spiro atoms. The van der Waals surface area contributed by atoms with E-state index in [1.807, 2.05) is 17.0 Å². The number of nitrogens with two attached hydrogens (primary N) is 1. The molecule has 1 aromatic carbocycles. The third kappa shape index (κ3) is 6.76. The maximum atomic E-state index is 13.1. The van der Waals surface area contributed by atoms with Gasteiger partial charge in [-0.3, -0.25) is 19.4 Å². The Morgan fingerprint density at radius 3 is 2.18 bits per heavy atom. The number of amides is 3. The van der Waals surface area contributed by atoms with Crippen molar-refractivity contribution in [1.29, 1.82) is 0 Å². The summed E-state index contributed by atoms with van der Waals surface area (Å²) in [6.07, 6.45) is 12.3. The van der Waals surface area contributed by atoms with Crippen molar-refractivity contribution in [2.24, 2.45) is 11.7 Å². The molecule has 1 aliphatic heterocycles. The Morgan fingerprint density at radius 2 is 1.49 bits per heavy atom. The fourth-order valence-electron chi connectivity index (χ4n) is 6.06. The summed E-state index contributed by atoms with van der Waals surface area (Å²) in [6, 6.07) is 9.14. The minimum Gasteiger partial charge on any atom is -0.366 e. The summed E-state index contributed by atoms with van der Waals surface area (Å²) in [5, 5.41) is 6.17. The van der Waals surface area contributed by atoms with Gasteiger partial charge in [-0.1, -0.05) is 19.3 Å². The van der Waals surface area contributed by atoms with Gasteiger partial charge in [-0.05, 0) is 68.9 Å². The zero-order valence-corrected chi connectivity index (χ0v) is 22.6. The van der Waals surface area contributed by atoms with Crippen molar-refractivity contribution in [3.05, 3.63) is 53.9 Å². The molecular weight excluding hydrogens is 492 g/mol. The molecule has 3 amide bonds. The van der Waals surface area contributed by atoms with Gasteiger partial charge < -0.3 is 26.2 Å². The molecule has 3 aliphatic rings. The summed E-state index contributed by atoms with van der Waals surface area (Å²) < 4.78 is 0. The van der Waals surface area contributed by atoms with Gasteiger partial charge in [0.2, 0.25) is 5.91 Å². The van der Waals surface area contributed by atoms with E-state index in [9.17, 15) is 14.4 Å². The first-order valence-electron chi connectivity index (χ1n) is 14.4. The second kappa shape index (κ2) is 12.6. The molecule has 0 radical (unpaired) electrons. The van der Waals surface area contributed by atoms with Crippen molar-refractivity contribution in [3.8, 4) is 0 Å². The topological polar surface area (TPSA) is 121 Å². The molecule has 208 valence electrons. The third-order valence-corrected chi connectivity index (χ3v) is 8.44. The second-order valence-corrected chi connectivity index (χ2v) is 11.2. The number of aromatic nitrogens is 1. The van der Waals surface area contributed by atoms with Gasteiger partial charge in [0.25, 0.3) is 11.8 Å². The molecule has 4 N–H and O–H groups in total. The first kappa shape index (κ1) is 27.1. The van der Waals surface area contributed by atoms with Gasteiger partial charge in [0.1, 0.15) is 0 Å². The van der Waals surface area contributed by atoms with Crippen LogP contribution in [-0.2, 0) is 4.79 Å². The standard InChI is InChI=1S/C30H40N6O3/c31-24-7-9-25(10-8-24)33-29(38)23-6-11-27(26(20-23)34-28(37)21-12-14-32-15-13-21)35-16-18-36(19-17-35)30(39)22-4-2-1-3-5-22/h6,11-15,20,22,24-25H,1-5,7-10,16-19,31H2,(H,33,38)(H,34,37). The van der Waals surface area contributed by atoms with E-state index in [1.54, 1.807) is 30.6 Å². The molecule has 0 unspecified atom stereocenters. The van der Waals surface area contributed by atoms with E-state index in [0.717, 1.165) is 57.1 Å². The Bertz CT molecular complexity index is 1150. The summed E-state index contributed by atoms with van der Waals surface area (Å²) in [6.45, 7) is 2.65. The zero-order valence-electron chi connectivity index (χ0n) is 22.6. The molecule has 9 heteroatoms. The van der Waals surface area contributed by atoms with Crippen LogP contribution in [0.15, 0.2) is 42.7 Å². The van der Waals surface area contributed by atoms with E-state index in [1.165, 1.54) is 6.42 Å². The van der Waals surface area contributed by atoms with Crippen LogP contribution in [0.25, 0.3) is 0 Å². The van der Waals surface area contributed by atoms with Gasteiger partial charge in [-0.25, -0.2) is 0 Å². The molecule has 2 heterocycles. The summed E-state index contributed by atoms with van der Waals surface area (Å²) in [4.78, 5) is 47.5.